The van der Waals surface area contributed by atoms with E-state index < -0.39 is 11.7 Å². The Morgan fingerprint density at radius 3 is 2.45 bits per heavy atom. The fourth-order valence-corrected chi connectivity index (χ4v) is 4.21. The molecule has 4 rings (SSSR count). The maximum Gasteiger partial charge on any atom is 0.417 e. The van der Waals surface area contributed by atoms with Gasteiger partial charge in [-0.2, -0.15) is 13.2 Å². The maximum absolute atomic E-state index is 13.7. The molecule has 0 radical (unpaired) electrons. The third-order valence-corrected chi connectivity index (χ3v) is 5.86. The van der Waals surface area contributed by atoms with Crippen LogP contribution in [0.2, 0.25) is 0 Å². The van der Waals surface area contributed by atoms with E-state index in [1.54, 1.807) is 29.2 Å². The van der Waals surface area contributed by atoms with Crippen LogP contribution < -0.4 is 9.47 Å². The number of nitrogens with zero attached hydrogens (tertiary/aromatic N) is 1. The summed E-state index contributed by atoms with van der Waals surface area (Å²) in [5, 5.41) is 0. The molecule has 5 nitrogen and oxygen atoms in total. The molecule has 2 aliphatic rings. The van der Waals surface area contributed by atoms with Gasteiger partial charge < -0.3 is 19.1 Å². The number of carbonyl (C=O) groups is 1. The first kappa shape index (κ1) is 21.6. The number of ether oxygens (including phenoxy) is 3. The standard InChI is InChI=1S/C22H20F3NO4S/c23-22(24,25)17-13-15(2-6-21(27)26-7-9-28-10-8-26)1-5-20(17)31-16-3-4-18-19(14-16)30-12-11-29-18/h1-6,13-14H,7-12H2/b6-2+. The van der Waals surface area contributed by atoms with Crippen LogP contribution in [0.25, 0.3) is 6.08 Å². The molecular formula is C22H20F3NO4S. The average molecular weight is 451 g/mol. The second-order valence-corrected chi connectivity index (χ2v) is 8.05. The van der Waals surface area contributed by atoms with Crippen LogP contribution in [0, 0.1) is 0 Å². The van der Waals surface area contributed by atoms with Crippen molar-refractivity contribution < 1.29 is 32.2 Å². The Kier molecular flexibility index (Phi) is 6.43. The molecular weight excluding hydrogens is 431 g/mol. The van der Waals surface area contributed by atoms with Crippen molar-refractivity contribution >= 4 is 23.7 Å². The lowest BCUT2D eigenvalue weighted by molar-refractivity contribution is -0.139. The molecule has 0 bridgehead atoms. The number of carbonyl (C=O) groups excluding carboxylic acids is 1. The largest absolute Gasteiger partial charge is 0.486 e. The Morgan fingerprint density at radius 1 is 0.968 bits per heavy atom. The van der Waals surface area contributed by atoms with Crippen molar-refractivity contribution in [1.29, 1.82) is 0 Å². The minimum Gasteiger partial charge on any atom is -0.486 e. The van der Waals surface area contributed by atoms with Gasteiger partial charge in [-0.1, -0.05) is 17.8 Å². The van der Waals surface area contributed by atoms with Crippen LogP contribution in [0.3, 0.4) is 0 Å². The fourth-order valence-electron chi connectivity index (χ4n) is 3.23. The van der Waals surface area contributed by atoms with Gasteiger partial charge in [0.2, 0.25) is 5.91 Å². The Bertz CT molecular complexity index is 987. The summed E-state index contributed by atoms with van der Waals surface area (Å²) in [7, 11) is 0. The normalized spacial score (nSPS) is 16.5. The van der Waals surface area contributed by atoms with Gasteiger partial charge in [-0.15, -0.1) is 0 Å². The van der Waals surface area contributed by atoms with Gasteiger partial charge in [-0.05, 0) is 42.0 Å². The van der Waals surface area contributed by atoms with Crippen LogP contribution in [0.4, 0.5) is 13.2 Å². The quantitative estimate of drug-likeness (QED) is 0.641. The molecule has 0 atom stereocenters. The van der Waals surface area contributed by atoms with Gasteiger partial charge in [-0.3, -0.25) is 4.79 Å². The summed E-state index contributed by atoms with van der Waals surface area (Å²) in [5.41, 5.74) is -0.450. The zero-order valence-corrected chi connectivity index (χ0v) is 17.3. The molecule has 1 saturated heterocycles. The van der Waals surface area contributed by atoms with E-state index in [9.17, 15) is 18.0 Å². The summed E-state index contributed by atoms with van der Waals surface area (Å²) in [6, 6.07) is 9.12. The fraction of sp³-hybridized carbons (Fsp3) is 0.318. The van der Waals surface area contributed by atoms with E-state index in [4.69, 9.17) is 14.2 Å². The molecule has 2 heterocycles. The summed E-state index contributed by atoms with van der Waals surface area (Å²) < 4.78 is 57.3. The summed E-state index contributed by atoms with van der Waals surface area (Å²) in [6.07, 6.45) is -1.83. The molecule has 0 saturated carbocycles. The molecule has 1 fully saturated rings. The molecule has 31 heavy (non-hydrogen) atoms. The lowest BCUT2D eigenvalue weighted by Gasteiger charge is -2.25. The topological polar surface area (TPSA) is 48.0 Å². The first-order chi connectivity index (χ1) is 14.9. The number of hydrogen-bond acceptors (Lipinski definition) is 5. The van der Waals surface area contributed by atoms with Gasteiger partial charge in [0.25, 0.3) is 0 Å². The molecule has 0 spiro atoms. The third kappa shape index (κ3) is 5.34. The lowest BCUT2D eigenvalue weighted by Crippen LogP contribution is -2.39. The number of halogens is 3. The van der Waals surface area contributed by atoms with Crippen molar-refractivity contribution in [3.63, 3.8) is 0 Å². The number of alkyl halides is 3. The molecule has 1 amide bonds. The van der Waals surface area contributed by atoms with Gasteiger partial charge in [0.1, 0.15) is 13.2 Å². The van der Waals surface area contributed by atoms with Gasteiger partial charge in [-0.25, -0.2) is 0 Å². The minimum absolute atomic E-state index is 0.0702. The van der Waals surface area contributed by atoms with E-state index in [0.717, 1.165) is 17.8 Å². The van der Waals surface area contributed by atoms with Crippen LogP contribution in [0.15, 0.2) is 52.3 Å². The van der Waals surface area contributed by atoms with Crippen molar-refractivity contribution in [2.45, 2.75) is 16.0 Å². The summed E-state index contributed by atoms with van der Waals surface area (Å²) in [4.78, 5) is 14.5. The number of amides is 1. The lowest BCUT2D eigenvalue weighted by atomic mass is 10.1. The summed E-state index contributed by atoms with van der Waals surface area (Å²) >= 11 is 1.00. The van der Waals surface area contributed by atoms with Crippen molar-refractivity contribution in [2.24, 2.45) is 0 Å². The highest BCUT2D eigenvalue weighted by atomic mass is 32.2. The van der Waals surface area contributed by atoms with Gasteiger partial charge in [0.15, 0.2) is 11.5 Å². The van der Waals surface area contributed by atoms with Crippen LogP contribution in [-0.4, -0.2) is 50.3 Å². The zero-order valence-electron chi connectivity index (χ0n) is 16.5. The van der Waals surface area contributed by atoms with E-state index in [1.165, 1.54) is 18.2 Å². The van der Waals surface area contributed by atoms with Crippen LogP contribution in [0.5, 0.6) is 11.5 Å². The molecule has 0 N–H and O–H groups in total. The monoisotopic (exact) mass is 451 g/mol. The van der Waals surface area contributed by atoms with Gasteiger partial charge >= 0.3 is 6.18 Å². The maximum atomic E-state index is 13.7. The van der Waals surface area contributed by atoms with Crippen molar-refractivity contribution in [1.82, 2.24) is 4.90 Å². The predicted octanol–water partition coefficient (Wildman–Crippen LogP) is 4.50. The molecule has 0 unspecified atom stereocenters. The van der Waals surface area contributed by atoms with E-state index in [-0.39, 0.29) is 10.8 Å². The molecule has 0 aromatic heterocycles. The molecule has 164 valence electrons. The minimum atomic E-state index is -4.53. The van der Waals surface area contributed by atoms with E-state index in [2.05, 4.69) is 0 Å². The molecule has 2 aliphatic heterocycles. The highest BCUT2D eigenvalue weighted by Crippen LogP contribution is 2.42. The smallest absolute Gasteiger partial charge is 0.417 e. The van der Waals surface area contributed by atoms with Crippen LogP contribution in [-0.2, 0) is 15.7 Å². The second kappa shape index (κ2) is 9.23. The number of morpholine rings is 1. The van der Waals surface area contributed by atoms with E-state index >= 15 is 0 Å². The van der Waals surface area contributed by atoms with Gasteiger partial charge in [0, 0.05) is 29.0 Å². The molecule has 0 aliphatic carbocycles. The Morgan fingerprint density at radius 2 is 1.71 bits per heavy atom. The summed E-state index contributed by atoms with van der Waals surface area (Å²) in [5.74, 6) is 0.856. The second-order valence-electron chi connectivity index (χ2n) is 6.93. The molecule has 2 aromatic rings. The highest BCUT2D eigenvalue weighted by molar-refractivity contribution is 7.99. The van der Waals surface area contributed by atoms with Crippen LogP contribution >= 0.6 is 11.8 Å². The molecule has 9 heteroatoms. The number of benzene rings is 2. The molecule has 2 aromatic carbocycles. The van der Waals surface area contributed by atoms with Crippen molar-refractivity contribution in [3.05, 3.63) is 53.6 Å². The van der Waals surface area contributed by atoms with Gasteiger partial charge in [0.05, 0.1) is 18.8 Å². The predicted molar refractivity (Wildman–Crippen MR) is 109 cm³/mol. The zero-order chi connectivity index (χ0) is 21.8. The number of rotatable bonds is 4. The number of hydrogen-bond donors (Lipinski definition) is 0. The number of fused-ring (bicyclic) bond motifs is 1. The highest BCUT2D eigenvalue weighted by Gasteiger charge is 2.34. The summed E-state index contributed by atoms with van der Waals surface area (Å²) in [6.45, 7) is 2.72. The first-order valence-electron chi connectivity index (χ1n) is 9.74. The first-order valence-corrected chi connectivity index (χ1v) is 10.6. The SMILES string of the molecule is O=C(/C=C/c1ccc(Sc2ccc3c(c2)OCCO3)c(C(F)(F)F)c1)N1CCOCC1. The third-order valence-electron chi connectivity index (χ3n) is 4.79. The van der Waals surface area contributed by atoms with E-state index in [1.807, 2.05) is 0 Å². The van der Waals surface area contributed by atoms with Crippen LogP contribution in [0.1, 0.15) is 11.1 Å². The van der Waals surface area contributed by atoms with E-state index in [0.29, 0.717) is 61.5 Å². The Labute approximate surface area is 181 Å². The Hall–Kier alpha value is -2.65. The van der Waals surface area contributed by atoms with Crippen molar-refractivity contribution in [2.75, 3.05) is 39.5 Å². The Balaban J connectivity index is 1.54. The average Bonchev–Trinajstić information content (AvgIpc) is 2.78. The van der Waals surface area contributed by atoms with Crippen molar-refractivity contribution in [3.8, 4) is 11.5 Å².